The van der Waals surface area contributed by atoms with E-state index >= 15 is 0 Å². The molecular formula is C11H11ClN2S. The van der Waals surface area contributed by atoms with Gasteiger partial charge >= 0.3 is 0 Å². The van der Waals surface area contributed by atoms with E-state index in [4.69, 9.17) is 11.6 Å². The number of hydrogen-bond acceptors (Lipinski definition) is 3. The molecule has 1 N–H and O–H groups in total. The van der Waals surface area contributed by atoms with Gasteiger partial charge < -0.3 is 5.32 Å². The molecule has 0 aliphatic heterocycles. The number of aryl methyl sites for hydroxylation is 1. The van der Waals surface area contributed by atoms with Gasteiger partial charge in [-0.15, -0.1) is 11.3 Å². The second-order valence-corrected chi connectivity index (χ2v) is 4.98. The van der Waals surface area contributed by atoms with Crippen LogP contribution in [0.4, 0.5) is 5.82 Å². The van der Waals surface area contributed by atoms with Crippen LogP contribution < -0.4 is 5.32 Å². The van der Waals surface area contributed by atoms with Crippen molar-refractivity contribution in [3.05, 3.63) is 45.2 Å². The highest BCUT2D eigenvalue weighted by Gasteiger charge is 2.01. The van der Waals surface area contributed by atoms with Crippen molar-refractivity contribution in [1.29, 1.82) is 0 Å². The van der Waals surface area contributed by atoms with Gasteiger partial charge in [-0.3, -0.25) is 0 Å². The molecule has 78 valence electrons. The number of rotatable bonds is 3. The van der Waals surface area contributed by atoms with Crippen molar-refractivity contribution in [1.82, 2.24) is 4.98 Å². The largest absolute Gasteiger partial charge is 0.364 e. The third-order valence-electron chi connectivity index (χ3n) is 1.98. The van der Waals surface area contributed by atoms with Gasteiger partial charge in [0.15, 0.2) is 0 Å². The SMILES string of the molecule is Cc1ccc(CNc2ncccc2Cl)s1. The lowest BCUT2D eigenvalue weighted by atomic mass is 10.4. The molecule has 4 heteroatoms. The Balaban J connectivity index is 2.02. The molecule has 0 aliphatic rings. The molecule has 15 heavy (non-hydrogen) atoms. The number of halogens is 1. The predicted octanol–water partition coefficient (Wildman–Crippen LogP) is 3.72. The average Bonchev–Trinajstić information content (AvgIpc) is 2.63. The summed E-state index contributed by atoms with van der Waals surface area (Å²) in [4.78, 5) is 6.77. The van der Waals surface area contributed by atoms with E-state index in [1.165, 1.54) is 9.75 Å². The summed E-state index contributed by atoms with van der Waals surface area (Å²) in [5.74, 6) is 0.741. The average molecular weight is 239 g/mol. The molecule has 0 bridgehead atoms. The Labute approximate surface area is 97.9 Å². The van der Waals surface area contributed by atoms with Gasteiger partial charge in [0.25, 0.3) is 0 Å². The number of nitrogens with zero attached hydrogens (tertiary/aromatic N) is 1. The zero-order valence-corrected chi connectivity index (χ0v) is 9.90. The van der Waals surface area contributed by atoms with Gasteiger partial charge in [0.05, 0.1) is 11.6 Å². The summed E-state index contributed by atoms with van der Waals surface area (Å²) in [6.45, 7) is 2.87. The van der Waals surface area contributed by atoms with E-state index in [1.807, 2.05) is 12.1 Å². The van der Waals surface area contributed by atoms with Gasteiger partial charge in [-0.1, -0.05) is 11.6 Å². The summed E-state index contributed by atoms with van der Waals surface area (Å²) in [7, 11) is 0. The van der Waals surface area contributed by atoms with Crippen LogP contribution in [0, 0.1) is 6.92 Å². The number of nitrogens with one attached hydrogen (secondary N) is 1. The fraction of sp³-hybridized carbons (Fsp3) is 0.182. The summed E-state index contributed by atoms with van der Waals surface area (Å²) in [6, 6.07) is 7.88. The lowest BCUT2D eigenvalue weighted by Gasteiger charge is -2.04. The molecule has 0 radical (unpaired) electrons. The molecular weight excluding hydrogens is 228 g/mol. The minimum Gasteiger partial charge on any atom is -0.364 e. The highest BCUT2D eigenvalue weighted by molar-refractivity contribution is 7.11. The van der Waals surface area contributed by atoms with E-state index in [0.717, 1.165) is 12.4 Å². The van der Waals surface area contributed by atoms with Crippen LogP contribution in [0.3, 0.4) is 0 Å². The van der Waals surface area contributed by atoms with E-state index in [0.29, 0.717) is 5.02 Å². The number of aromatic nitrogens is 1. The lowest BCUT2D eigenvalue weighted by molar-refractivity contribution is 1.14. The predicted molar refractivity (Wildman–Crippen MR) is 65.6 cm³/mol. The Morgan fingerprint density at radius 1 is 1.40 bits per heavy atom. The van der Waals surface area contributed by atoms with Crippen LogP contribution >= 0.6 is 22.9 Å². The van der Waals surface area contributed by atoms with Crippen molar-refractivity contribution >= 4 is 28.8 Å². The van der Waals surface area contributed by atoms with Crippen molar-refractivity contribution in [3.8, 4) is 0 Å². The van der Waals surface area contributed by atoms with Crippen molar-refractivity contribution in [2.75, 3.05) is 5.32 Å². The van der Waals surface area contributed by atoms with E-state index < -0.39 is 0 Å². The number of thiophene rings is 1. The van der Waals surface area contributed by atoms with Gasteiger partial charge in [-0.05, 0) is 31.2 Å². The fourth-order valence-corrected chi connectivity index (χ4v) is 2.29. The molecule has 0 aromatic carbocycles. The zero-order valence-electron chi connectivity index (χ0n) is 8.33. The lowest BCUT2D eigenvalue weighted by Crippen LogP contribution is -1.99. The van der Waals surface area contributed by atoms with Crippen LogP contribution in [0.15, 0.2) is 30.5 Å². The normalized spacial score (nSPS) is 10.3. The highest BCUT2D eigenvalue weighted by Crippen LogP contribution is 2.20. The minimum absolute atomic E-state index is 0.658. The Morgan fingerprint density at radius 2 is 2.27 bits per heavy atom. The number of hydrogen-bond donors (Lipinski definition) is 1. The first kappa shape index (κ1) is 10.5. The summed E-state index contributed by atoms with van der Waals surface area (Å²) in [6.07, 6.45) is 1.73. The van der Waals surface area contributed by atoms with E-state index in [1.54, 1.807) is 17.5 Å². The molecule has 0 aliphatic carbocycles. The third-order valence-corrected chi connectivity index (χ3v) is 3.29. The van der Waals surface area contributed by atoms with Crippen LogP contribution in [0.25, 0.3) is 0 Å². The first-order chi connectivity index (χ1) is 7.25. The second kappa shape index (κ2) is 4.64. The summed E-state index contributed by atoms with van der Waals surface area (Å²) >= 11 is 7.75. The van der Waals surface area contributed by atoms with Gasteiger partial charge in [0.1, 0.15) is 5.82 Å². The smallest absolute Gasteiger partial charge is 0.145 e. The molecule has 2 rings (SSSR count). The summed E-state index contributed by atoms with van der Waals surface area (Å²) in [5, 5.41) is 3.87. The van der Waals surface area contributed by atoms with E-state index in [9.17, 15) is 0 Å². The van der Waals surface area contributed by atoms with Crippen molar-refractivity contribution in [2.45, 2.75) is 13.5 Å². The zero-order chi connectivity index (χ0) is 10.7. The first-order valence-corrected chi connectivity index (χ1v) is 5.85. The third kappa shape index (κ3) is 2.70. The molecule has 0 spiro atoms. The fourth-order valence-electron chi connectivity index (χ4n) is 1.27. The Bertz CT molecular complexity index is 453. The van der Waals surface area contributed by atoms with Crippen molar-refractivity contribution < 1.29 is 0 Å². The van der Waals surface area contributed by atoms with Gasteiger partial charge in [-0.25, -0.2) is 4.98 Å². The topological polar surface area (TPSA) is 24.9 Å². The van der Waals surface area contributed by atoms with E-state index in [-0.39, 0.29) is 0 Å². The first-order valence-electron chi connectivity index (χ1n) is 4.65. The highest BCUT2D eigenvalue weighted by atomic mass is 35.5. The minimum atomic E-state index is 0.658. The standard InChI is InChI=1S/C11H11ClN2S/c1-8-4-5-9(15-8)7-14-11-10(12)3-2-6-13-11/h2-6H,7H2,1H3,(H,13,14). The molecule has 0 fully saturated rings. The maximum absolute atomic E-state index is 5.97. The molecule has 0 amide bonds. The molecule has 2 heterocycles. The number of pyridine rings is 1. The van der Waals surface area contributed by atoms with Gasteiger partial charge in [0.2, 0.25) is 0 Å². The quantitative estimate of drug-likeness (QED) is 0.882. The van der Waals surface area contributed by atoms with Gasteiger partial charge in [0, 0.05) is 16.0 Å². The van der Waals surface area contributed by atoms with Crippen LogP contribution in [0.5, 0.6) is 0 Å². The maximum Gasteiger partial charge on any atom is 0.145 e. The molecule has 2 nitrogen and oxygen atoms in total. The van der Waals surface area contributed by atoms with E-state index in [2.05, 4.69) is 29.4 Å². The summed E-state index contributed by atoms with van der Waals surface area (Å²) in [5.41, 5.74) is 0. The molecule has 0 saturated carbocycles. The molecule has 0 saturated heterocycles. The Kier molecular flexibility index (Phi) is 3.23. The second-order valence-electron chi connectivity index (χ2n) is 3.20. The van der Waals surface area contributed by atoms with Crippen LogP contribution in [0.1, 0.15) is 9.75 Å². The van der Waals surface area contributed by atoms with Crippen molar-refractivity contribution in [2.24, 2.45) is 0 Å². The maximum atomic E-state index is 5.97. The van der Waals surface area contributed by atoms with Crippen LogP contribution in [0.2, 0.25) is 5.02 Å². The molecule has 2 aromatic heterocycles. The van der Waals surface area contributed by atoms with Crippen molar-refractivity contribution in [3.63, 3.8) is 0 Å². The van der Waals surface area contributed by atoms with Crippen LogP contribution in [-0.4, -0.2) is 4.98 Å². The summed E-state index contributed by atoms with van der Waals surface area (Å²) < 4.78 is 0. The van der Waals surface area contributed by atoms with Gasteiger partial charge in [-0.2, -0.15) is 0 Å². The number of anilines is 1. The molecule has 0 atom stereocenters. The monoisotopic (exact) mass is 238 g/mol. The molecule has 2 aromatic rings. The molecule has 0 unspecified atom stereocenters. The Morgan fingerprint density at radius 3 is 2.93 bits per heavy atom. The van der Waals surface area contributed by atoms with Crippen LogP contribution in [-0.2, 0) is 6.54 Å². The Hall–Kier alpha value is -1.06.